The predicted molar refractivity (Wildman–Crippen MR) is 111 cm³/mol. The number of hydrogen-bond acceptors (Lipinski definition) is 8. The van der Waals surface area contributed by atoms with Gasteiger partial charge in [-0.2, -0.15) is 0 Å². The molecule has 4 bridgehead atoms. The normalized spacial score (nSPS) is 21.5. The van der Waals surface area contributed by atoms with Crippen LogP contribution in [0.4, 0.5) is 0 Å². The van der Waals surface area contributed by atoms with Crippen LogP contribution in [0.2, 0.25) is 0 Å². The highest BCUT2D eigenvalue weighted by molar-refractivity contribution is 5.92. The number of esters is 1. The van der Waals surface area contributed by atoms with E-state index in [-0.39, 0.29) is 17.9 Å². The topological polar surface area (TPSA) is 163 Å². The molecule has 2 aromatic rings. The van der Waals surface area contributed by atoms with Gasteiger partial charge in [0.15, 0.2) is 6.17 Å². The van der Waals surface area contributed by atoms with Crippen molar-refractivity contribution in [3.63, 3.8) is 0 Å². The molecule has 2 amide bonds. The predicted octanol–water partition coefficient (Wildman–Crippen LogP) is -0.360. The van der Waals surface area contributed by atoms with Crippen molar-refractivity contribution in [1.82, 2.24) is 16.0 Å². The second-order valence-corrected chi connectivity index (χ2v) is 7.12. The van der Waals surface area contributed by atoms with Crippen LogP contribution in [0, 0.1) is 0 Å². The van der Waals surface area contributed by atoms with Crippen LogP contribution in [0.5, 0.6) is 11.5 Å². The van der Waals surface area contributed by atoms with Gasteiger partial charge in [-0.3, -0.25) is 9.59 Å². The highest BCUT2D eigenvalue weighted by Gasteiger charge is 2.29. The summed E-state index contributed by atoms with van der Waals surface area (Å²) in [5, 5.41) is 28.5. The van der Waals surface area contributed by atoms with Crippen LogP contribution in [0.15, 0.2) is 36.4 Å². The van der Waals surface area contributed by atoms with Crippen LogP contribution in [0.3, 0.4) is 0 Å². The average molecular weight is 428 g/mol. The zero-order chi connectivity index (χ0) is 22.7. The van der Waals surface area contributed by atoms with Gasteiger partial charge < -0.3 is 36.6 Å². The third-order valence-electron chi connectivity index (χ3n) is 5.08. The lowest BCUT2D eigenvalue weighted by molar-refractivity contribution is -0.145. The van der Waals surface area contributed by atoms with Gasteiger partial charge in [-0.25, -0.2) is 4.79 Å². The zero-order valence-corrected chi connectivity index (χ0v) is 17.0. The lowest BCUT2D eigenvalue weighted by atomic mass is 9.94. The van der Waals surface area contributed by atoms with Crippen LogP contribution in [0.25, 0.3) is 11.1 Å². The average Bonchev–Trinajstić information content (AvgIpc) is 2.75. The maximum absolute atomic E-state index is 12.7. The molecule has 7 N–H and O–H groups in total. The van der Waals surface area contributed by atoms with Crippen molar-refractivity contribution in [1.29, 1.82) is 0 Å². The van der Waals surface area contributed by atoms with Gasteiger partial charge in [-0.1, -0.05) is 12.1 Å². The van der Waals surface area contributed by atoms with Crippen LogP contribution < -0.4 is 21.7 Å². The number of carbonyl (C=O) groups excluding carboxylic acids is 3. The first-order valence-corrected chi connectivity index (χ1v) is 9.51. The Balaban J connectivity index is 2.18. The van der Waals surface area contributed by atoms with E-state index in [0.717, 1.165) is 0 Å². The largest absolute Gasteiger partial charge is 0.507 e. The molecule has 0 spiro atoms. The molecule has 31 heavy (non-hydrogen) atoms. The van der Waals surface area contributed by atoms with Crippen LogP contribution in [-0.2, 0) is 25.5 Å². The number of benzene rings is 2. The number of fused-ring (bicyclic) bond motifs is 5. The van der Waals surface area contributed by atoms with Gasteiger partial charge in [-0.15, -0.1) is 0 Å². The SMILES string of the molecule is CNC1C(=O)N[C@@H](N)C(=O)NC(C(=O)OC)Cc2ccc(O)c(c2)-c2cc1ccc2O. The molecule has 10 nitrogen and oxygen atoms in total. The first-order valence-electron chi connectivity index (χ1n) is 9.51. The molecule has 0 aliphatic carbocycles. The van der Waals surface area contributed by atoms with Gasteiger partial charge in [0.05, 0.1) is 7.11 Å². The summed E-state index contributed by atoms with van der Waals surface area (Å²) in [6, 6.07) is 7.14. The summed E-state index contributed by atoms with van der Waals surface area (Å²) >= 11 is 0. The van der Waals surface area contributed by atoms with E-state index in [1.165, 1.54) is 19.2 Å². The van der Waals surface area contributed by atoms with Crippen molar-refractivity contribution < 1.29 is 29.3 Å². The van der Waals surface area contributed by atoms with E-state index in [2.05, 4.69) is 16.0 Å². The third-order valence-corrected chi connectivity index (χ3v) is 5.08. The standard InChI is InChI=1S/C21H24N4O6/c1-23-17-11-4-6-16(27)13(9-11)12-7-10(3-5-15(12)26)8-14(21(30)31-2)24-20(29)18(22)25-19(17)28/h3-7,9,14,17-18,23,26-27H,8,22H2,1-2H3,(H,24,29)(H,25,28)/t14?,17?,18-/m1/s1. The highest BCUT2D eigenvalue weighted by atomic mass is 16.5. The minimum Gasteiger partial charge on any atom is -0.507 e. The number of nitrogens with one attached hydrogen (secondary N) is 3. The number of phenols is 2. The summed E-state index contributed by atoms with van der Waals surface area (Å²) < 4.78 is 4.77. The molecule has 1 aliphatic rings. The third kappa shape index (κ3) is 4.60. The Morgan fingerprint density at radius 1 is 1.06 bits per heavy atom. The van der Waals surface area contributed by atoms with E-state index in [1.54, 1.807) is 31.3 Å². The van der Waals surface area contributed by atoms with E-state index >= 15 is 0 Å². The molecule has 164 valence electrons. The summed E-state index contributed by atoms with van der Waals surface area (Å²) in [6.45, 7) is 0. The number of methoxy groups -OCH3 is 1. The molecule has 1 aliphatic heterocycles. The Morgan fingerprint density at radius 3 is 2.35 bits per heavy atom. The number of aromatic hydroxyl groups is 2. The molecule has 0 radical (unpaired) electrons. The van der Waals surface area contributed by atoms with Crippen molar-refractivity contribution in [2.45, 2.75) is 24.7 Å². The van der Waals surface area contributed by atoms with Crippen molar-refractivity contribution in [3.05, 3.63) is 47.5 Å². The minimum atomic E-state index is -1.41. The molecule has 2 aromatic carbocycles. The molecule has 0 saturated heterocycles. The van der Waals surface area contributed by atoms with Crippen LogP contribution in [0.1, 0.15) is 17.2 Å². The second-order valence-electron chi connectivity index (χ2n) is 7.12. The molecule has 0 aromatic heterocycles. The Kier molecular flexibility index (Phi) is 6.42. The quantitative estimate of drug-likeness (QED) is 0.353. The van der Waals surface area contributed by atoms with Crippen LogP contribution in [-0.4, -0.2) is 54.4 Å². The highest BCUT2D eigenvalue weighted by Crippen LogP contribution is 2.37. The summed E-state index contributed by atoms with van der Waals surface area (Å²) in [5.74, 6) is -2.26. The maximum Gasteiger partial charge on any atom is 0.328 e. The Hall–Kier alpha value is -3.63. The van der Waals surface area contributed by atoms with Gasteiger partial charge in [-0.05, 0) is 42.4 Å². The lowest BCUT2D eigenvalue weighted by Gasteiger charge is -2.23. The second kappa shape index (κ2) is 9.02. The van der Waals surface area contributed by atoms with Crippen molar-refractivity contribution in [2.24, 2.45) is 5.73 Å². The molecule has 0 fully saturated rings. The fourth-order valence-electron chi connectivity index (χ4n) is 3.46. The Bertz CT molecular complexity index is 1020. The van der Waals surface area contributed by atoms with Gasteiger partial charge in [0.25, 0.3) is 5.91 Å². The van der Waals surface area contributed by atoms with E-state index < -0.39 is 36.0 Å². The maximum atomic E-state index is 12.7. The smallest absolute Gasteiger partial charge is 0.328 e. The fraction of sp³-hybridized carbons (Fsp3) is 0.286. The molecule has 10 heteroatoms. The zero-order valence-electron chi connectivity index (χ0n) is 17.0. The minimum absolute atomic E-state index is 0.0337. The van der Waals surface area contributed by atoms with Gasteiger partial charge in [0.2, 0.25) is 5.91 Å². The molecular formula is C21H24N4O6. The number of hydrogen-bond donors (Lipinski definition) is 6. The summed E-state index contributed by atoms with van der Waals surface area (Å²) in [7, 11) is 2.74. The van der Waals surface area contributed by atoms with E-state index in [9.17, 15) is 24.6 Å². The summed E-state index contributed by atoms with van der Waals surface area (Å²) in [4.78, 5) is 37.5. The van der Waals surface area contributed by atoms with E-state index in [4.69, 9.17) is 10.5 Å². The first kappa shape index (κ1) is 22.1. The van der Waals surface area contributed by atoms with Crippen LogP contribution >= 0.6 is 0 Å². The number of phenolic OH excluding ortho intramolecular Hbond substituents is 2. The van der Waals surface area contributed by atoms with Crippen molar-refractivity contribution in [3.8, 4) is 22.6 Å². The monoisotopic (exact) mass is 428 g/mol. The molecular weight excluding hydrogens is 404 g/mol. The molecule has 1 heterocycles. The summed E-state index contributed by atoms with van der Waals surface area (Å²) in [6.07, 6.45) is -1.38. The molecule has 3 rings (SSSR count). The molecule has 2 unspecified atom stereocenters. The fourth-order valence-corrected chi connectivity index (χ4v) is 3.46. The number of amides is 2. The Labute approximate surface area is 178 Å². The molecule has 0 saturated carbocycles. The summed E-state index contributed by atoms with van der Waals surface area (Å²) in [5.41, 5.74) is 7.50. The van der Waals surface area contributed by atoms with E-state index in [1.807, 2.05) is 0 Å². The van der Waals surface area contributed by atoms with Crippen molar-refractivity contribution in [2.75, 3.05) is 14.2 Å². The number of carbonyl (C=O) groups is 3. The van der Waals surface area contributed by atoms with Gasteiger partial charge >= 0.3 is 5.97 Å². The van der Waals surface area contributed by atoms with E-state index in [0.29, 0.717) is 22.3 Å². The number of nitrogens with two attached hydrogens (primary N) is 1. The lowest BCUT2D eigenvalue weighted by Crippen LogP contribution is -2.57. The van der Waals surface area contributed by atoms with Gasteiger partial charge in [0, 0.05) is 17.5 Å². The molecule has 3 atom stereocenters. The number of rotatable bonds is 2. The van der Waals surface area contributed by atoms with Crippen molar-refractivity contribution >= 4 is 17.8 Å². The Morgan fingerprint density at radius 2 is 1.71 bits per heavy atom. The number of ether oxygens (including phenoxy) is 1. The number of likely N-dealkylation sites (N-methyl/N-ethyl adjacent to an activating group) is 1. The first-order chi connectivity index (χ1) is 14.7. The van der Waals surface area contributed by atoms with Gasteiger partial charge in [0.1, 0.15) is 23.6 Å².